The topological polar surface area (TPSA) is 84.9 Å². The zero-order valence-electron chi connectivity index (χ0n) is 17.2. The van der Waals surface area contributed by atoms with Gasteiger partial charge in [0, 0.05) is 19.4 Å². The van der Waals surface area contributed by atoms with Crippen LogP contribution in [0.25, 0.3) is 0 Å². The van der Waals surface area contributed by atoms with Crippen molar-refractivity contribution in [1.29, 1.82) is 0 Å². The number of nitrogens with zero attached hydrogens (tertiary/aromatic N) is 1. The van der Waals surface area contributed by atoms with Crippen LogP contribution < -0.4 is 5.32 Å². The fourth-order valence-corrected chi connectivity index (χ4v) is 4.38. The van der Waals surface area contributed by atoms with E-state index in [-0.39, 0.29) is 29.9 Å². The van der Waals surface area contributed by atoms with E-state index in [0.717, 1.165) is 25.7 Å². The third-order valence-electron chi connectivity index (χ3n) is 5.77. The number of likely N-dealkylation sites (tertiary alicyclic amines) is 1. The Kier molecular flexibility index (Phi) is 6.12. The predicted molar refractivity (Wildman–Crippen MR) is 104 cm³/mol. The van der Waals surface area contributed by atoms with Crippen LogP contribution in [0.2, 0.25) is 0 Å². The minimum Gasteiger partial charge on any atom is -0.444 e. The molecule has 3 aliphatic rings. The molecule has 156 valence electrons. The van der Waals surface area contributed by atoms with Crippen molar-refractivity contribution in [2.75, 3.05) is 13.2 Å². The summed E-state index contributed by atoms with van der Waals surface area (Å²) in [5, 5.41) is 3.12. The second kappa shape index (κ2) is 8.23. The number of amides is 2. The maximum Gasteiger partial charge on any atom is 0.410 e. The maximum atomic E-state index is 12.9. The number of nitrogens with one attached hydrogen (secondary N) is 1. The van der Waals surface area contributed by atoms with E-state index in [1.54, 1.807) is 11.0 Å². The molecule has 2 heterocycles. The average molecular weight is 392 g/mol. The van der Waals surface area contributed by atoms with Gasteiger partial charge in [-0.15, -0.1) is 0 Å². The molecule has 0 aromatic rings. The largest absolute Gasteiger partial charge is 0.444 e. The van der Waals surface area contributed by atoms with Crippen molar-refractivity contribution >= 4 is 17.8 Å². The zero-order valence-corrected chi connectivity index (χ0v) is 17.2. The number of carbonyl (C=O) groups excluding carboxylic acids is 3. The quantitative estimate of drug-likeness (QED) is 0.798. The van der Waals surface area contributed by atoms with Crippen molar-refractivity contribution in [1.82, 2.24) is 10.2 Å². The Morgan fingerprint density at radius 3 is 2.64 bits per heavy atom. The highest BCUT2D eigenvalue weighted by Gasteiger charge is 2.48. The van der Waals surface area contributed by atoms with E-state index in [0.29, 0.717) is 32.4 Å². The van der Waals surface area contributed by atoms with Gasteiger partial charge in [-0.25, -0.2) is 4.79 Å². The van der Waals surface area contributed by atoms with Gasteiger partial charge >= 0.3 is 6.09 Å². The molecule has 0 radical (unpaired) electrons. The number of hydrogen-bond acceptors (Lipinski definition) is 5. The number of ether oxygens (including phenoxy) is 2. The Labute approximate surface area is 166 Å². The van der Waals surface area contributed by atoms with E-state index in [1.165, 1.54) is 0 Å². The van der Waals surface area contributed by atoms with Crippen LogP contribution in [-0.2, 0) is 19.1 Å². The van der Waals surface area contributed by atoms with Crippen molar-refractivity contribution < 1.29 is 23.9 Å². The smallest absolute Gasteiger partial charge is 0.410 e. The number of rotatable bonds is 3. The van der Waals surface area contributed by atoms with Crippen LogP contribution in [0.1, 0.15) is 65.7 Å². The first kappa shape index (κ1) is 20.8. The molecule has 0 aromatic heterocycles. The van der Waals surface area contributed by atoms with E-state index < -0.39 is 11.1 Å². The molecule has 2 aliphatic heterocycles. The van der Waals surface area contributed by atoms with Crippen molar-refractivity contribution in [3.63, 3.8) is 0 Å². The van der Waals surface area contributed by atoms with Crippen LogP contribution >= 0.6 is 0 Å². The minimum atomic E-state index is -0.591. The third-order valence-corrected chi connectivity index (χ3v) is 5.77. The van der Waals surface area contributed by atoms with Gasteiger partial charge in [-0.05, 0) is 59.0 Å². The summed E-state index contributed by atoms with van der Waals surface area (Å²) in [6.45, 7) is 6.44. The summed E-state index contributed by atoms with van der Waals surface area (Å²) in [5.41, 5.74) is -1.13. The van der Waals surface area contributed by atoms with E-state index in [9.17, 15) is 14.4 Å². The van der Waals surface area contributed by atoms with Gasteiger partial charge in [0.05, 0.1) is 24.3 Å². The van der Waals surface area contributed by atoms with Crippen LogP contribution in [0.4, 0.5) is 4.79 Å². The fourth-order valence-electron chi connectivity index (χ4n) is 4.38. The van der Waals surface area contributed by atoms with E-state index in [4.69, 9.17) is 9.47 Å². The van der Waals surface area contributed by atoms with Gasteiger partial charge in [0.15, 0.2) is 0 Å². The third kappa shape index (κ3) is 4.93. The molecule has 1 saturated heterocycles. The minimum absolute atomic E-state index is 0.0204. The molecular weight excluding hydrogens is 360 g/mol. The molecule has 1 aliphatic carbocycles. The van der Waals surface area contributed by atoms with Gasteiger partial charge in [0.1, 0.15) is 11.4 Å². The van der Waals surface area contributed by atoms with E-state index in [1.807, 2.05) is 26.8 Å². The van der Waals surface area contributed by atoms with Crippen molar-refractivity contribution in [2.45, 2.75) is 89.0 Å². The molecule has 1 N–H and O–H groups in total. The van der Waals surface area contributed by atoms with Crippen LogP contribution in [0, 0.1) is 0 Å². The Bertz CT molecular complexity index is 644. The van der Waals surface area contributed by atoms with Crippen LogP contribution in [0.3, 0.4) is 0 Å². The van der Waals surface area contributed by atoms with Crippen molar-refractivity contribution in [3.8, 4) is 0 Å². The number of piperidine rings is 1. The fraction of sp³-hybridized carbons (Fsp3) is 0.762. The van der Waals surface area contributed by atoms with Crippen LogP contribution in [0.15, 0.2) is 12.2 Å². The zero-order chi connectivity index (χ0) is 20.4. The lowest BCUT2D eigenvalue weighted by Crippen LogP contribution is -2.68. The van der Waals surface area contributed by atoms with Crippen LogP contribution in [-0.4, -0.2) is 59.1 Å². The highest BCUT2D eigenvalue weighted by molar-refractivity contribution is 5.89. The van der Waals surface area contributed by atoms with Gasteiger partial charge in [0.25, 0.3) is 0 Å². The molecule has 7 nitrogen and oxygen atoms in total. The number of ketones is 1. The van der Waals surface area contributed by atoms with Gasteiger partial charge in [0.2, 0.25) is 5.91 Å². The normalized spacial score (nSPS) is 29.1. The molecule has 0 bridgehead atoms. The van der Waals surface area contributed by atoms with E-state index in [2.05, 4.69) is 5.32 Å². The van der Waals surface area contributed by atoms with Gasteiger partial charge in [-0.2, -0.15) is 0 Å². The van der Waals surface area contributed by atoms with E-state index >= 15 is 0 Å². The van der Waals surface area contributed by atoms with Gasteiger partial charge < -0.3 is 19.7 Å². The molecule has 2 unspecified atom stereocenters. The monoisotopic (exact) mass is 392 g/mol. The second-order valence-corrected chi connectivity index (χ2v) is 9.12. The number of hydrogen-bond donors (Lipinski definition) is 1. The van der Waals surface area contributed by atoms with Crippen molar-refractivity contribution in [2.24, 2.45) is 0 Å². The number of carbonyl (C=O) groups is 3. The Morgan fingerprint density at radius 2 is 2.00 bits per heavy atom. The molecule has 1 saturated carbocycles. The summed E-state index contributed by atoms with van der Waals surface area (Å²) in [5.74, 6) is 0.152. The SMILES string of the molecule is CC(C)(C)OC(=O)N1CCCC2(CC=CC(=O)N2)C1COC1CCC(=O)CC1. The van der Waals surface area contributed by atoms with Gasteiger partial charge in [-0.3, -0.25) is 9.59 Å². The summed E-state index contributed by atoms with van der Waals surface area (Å²) in [6.07, 6.45) is 7.86. The van der Waals surface area contributed by atoms with Crippen LogP contribution in [0.5, 0.6) is 0 Å². The standard InChI is InChI=1S/C21H32N2O5/c1-20(2,3)28-19(26)23-13-5-12-21(11-4-6-18(25)22-21)17(23)14-27-16-9-7-15(24)8-10-16/h4,6,16-17H,5,7-14H2,1-3H3,(H,22,25). The average Bonchev–Trinajstić information content (AvgIpc) is 2.60. The molecule has 3 rings (SSSR count). The second-order valence-electron chi connectivity index (χ2n) is 9.12. The molecule has 1 spiro atoms. The lowest BCUT2D eigenvalue weighted by atomic mass is 9.77. The molecule has 2 fully saturated rings. The van der Waals surface area contributed by atoms with Gasteiger partial charge in [-0.1, -0.05) is 6.08 Å². The summed E-state index contributed by atoms with van der Waals surface area (Å²) in [4.78, 5) is 38.2. The Morgan fingerprint density at radius 1 is 1.29 bits per heavy atom. The Balaban J connectivity index is 1.77. The molecule has 7 heteroatoms. The lowest BCUT2D eigenvalue weighted by molar-refractivity contribution is -0.126. The molecule has 28 heavy (non-hydrogen) atoms. The summed E-state index contributed by atoms with van der Waals surface area (Å²) in [7, 11) is 0. The molecular formula is C21H32N2O5. The summed E-state index contributed by atoms with van der Waals surface area (Å²) in [6, 6.07) is -0.303. The first-order chi connectivity index (χ1) is 13.2. The highest BCUT2D eigenvalue weighted by atomic mass is 16.6. The maximum absolute atomic E-state index is 12.9. The summed E-state index contributed by atoms with van der Waals surface area (Å²) < 4.78 is 11.8. The molecule has 0 aromatic carbocycles. The summed E-state index contributed by atoms with van der Waals surface area (Å²) >= 11 is 0. The Hall–Kier alpha value is -1.89. The lowest BCUT2D eigenvalue weighted by Gasteiger charge is -2.50. The molecule has 2 atom stereocenters. The van der Waals surface area contributed by atoms with Crippen molar-refractivity contribution in [3.05, 3.63) is 12.2 Å². The predicted octanol–water partition coefficient (Wildman–Crippen LogP) is 2.73. The first-order valence-corrected chi connectivity index (χ1v) is 10.3. The first-order valence-electron chi connectivity index (χ1n) is 10.3. The number of Topliss-reactive ketones (excluding diaryl/α,β-unsaturated/α-hetero) is 1. The molecule has 2 amide bonds. The highest BCUT2D eigenvalue weighted by Crippen LogP contribution is 2.35.